The van der Waals surface area contributed by atoms with Crippen molar-refractivity contribution in [1.82, 2.24) is 14.8 Å². The van der Waals surface area contributed by atoms with E-state index in [1.54, 1.807) is 33.5 Å². The van der Waals surface area contributed by atoms with Gasteiger partial charge in [-0.3, -0.25) is 9.36 Å². The fourth-order valence-electron chi connectivity index (χ4n) is 3.34. The third-order valence-corrected chi connectivity index (χ3v) is 5.93. The number of hydrogen-bond acceptors (Lipinski definition) is 7. The predicted molar refractivity (Wildman–Crippen MR) is 132 cm³/mol. The highest BCUT2D eigenvalue weighted by molar-refractivity contribution is 7.99. The number of methoxy groups -OCH3 is 3. The third-order valence-electron chi connectivity index (χ3n) is 5.01. The van der Waals surface area contributed by atoms with Gasteiger partial charge < -0.3 is 19.5 Å². The Kier molecular flexibility index (Phi) is 7.34. The van der Waals surface area contributed by atoms with Crippen molar-refractivity contribution in [2.45, 2.75) is 5.16 Å². The molecule has 0 aliphatic carbocycles. The number of amides is 1. The predicted octanol–water partition coefficient (Wildman–Crippen LogP) is 4.69. The summed E-state index contributed by atoms with van der Waals surface area (Å²) in [6.45, 7) is 0. The number of carbonyl (C=O) groups excluding carboxylic acids is 1. The van der Waals surface area contributed by atoms with Gasteiger partial charge in [0, 0.05) is 11.3 Å². The van der Waals surface area contributed by atoms with Crippen molar-refractivity contribution in [3.63, 3.8) is 0 Å². The van der Waals surface area contributed by atoms with Crippen LogP contribution in [0.25, 0.3) is 17.1 Å². The molecule has 4 rings (SSSR count). The summed E-state index contributed by atoms with van der Waals surface area (Å²) in [5.74, 6) is 2.66. The van der Waals surface area contributed by atoms with Crippen molar-refractivity contribution in [3.05, 3.63) is 72.8 Å². The van der Waals surface area contributed by atoms with Gasteiger partial charge in [0.2, 0.25) is 5.91 Å². The number of nitrogens with one attached hydrogen (secondary N) is 1. The van der Waals surface area contributed by atoms with Gasteiger partial charge in [-0.25, -0.2) is 0 Å². The number of thioether (sulfide) groups is 1. The number of hydrogen-bond donors (Lipinski definition) is 1. The molecule has 3 aromatic carbocycles. The molecule has 0 saturated heterocycles. The van der Waals surface area contributed by atoms with Gasteiger partial charge in [-0.05, 0) is 48.5 Å². The van der Waals surface area contributed by atoms with Gasteiger partial charge >= 0.3 is 0 Å². The van der Waals surface area contributed by atoms with Crippen molar-refractivity contribution in [2.24, 2.45) is 0 Å². The summed E-state index contributed by atoms with van der Waals surface area (Å²) >= 11 is 1.29. The van der Waals surface area contributed by atoms with Crippen molar-refractivity contribution in [3.8, 4) is 34.3 Å². The molecule has 34 heavy (non-hydrogen) atoms. The Labute approximate surface area is 201 Å². The minimum Gasteiger partial charge on any atom is -0.497 e. The van der Waals surface area contributed by atoms with Crippen molar-refractivity contribution in [1.29, 1.82) is 0 Å². The van der Waals surface area contributed by atoms with Crippen LogP contribution in [0.15, 0.2) is 78.0 Å². The summed E-state index contributed by atoms with van der Waals surface area (Å²) in [7, 11) is 4.81. The van der Waals surface area contributed by atoms with Crippen LogP contribution in [-0.2, 0) is 4.79 Å². The van der Waals surface area contributed by atoms with E-state index in [0.29, 0.717) is 28.2 Å². The van der Waals surface area contributed by atoms with Gasteiger partial charge in [0.05, 0.1) is 32.8 Å². The molecular weight excluding hydrogens is 452 g/mol. The molecule has 0 bridgehead atoms. The normalized spacial score (nSPS) is 10.6. The smallest absolute Gasteiger partial charge is 0.234 e. The topological polar surface area (TPSA) is 87.5 Å². The van der Waals surface area contributed by atoms with Crippen LogP contribution in [0.5, 0.6) is 17.2 Å². The molecule has 0 unspecified atom stereocenters. The molecular formula is C25H24N4O4S. The molecule has 0 spiro atoms. The maximum absolute atomic E-state index is 12.7. The van der Waals surface area contributed by atoms with Gasteiger partial charge in [0.15, 0.2) is 11.0 Å². The molecule has 0 fully saturated rings. The molecule has 1 heterocycles. The van der Waals surface area contributed by atoms with Gasteiger partial charge in [-0.2, -0.15) is 0 Å². The van der Waals surface area contributed by atoms with Gasteiger partial charge in [0.1, 0.15) is 17.2 Å². The maximum Gasteiger partial charge on any atom is 0.234 e. The lowest BCUT2D eigenvalue weighted by atomic mass is 10.2. The van der Waals surface area contributed by atoms with Gasteiger partial charge in [0.25, 0.3) is 0 Å². The molecule has 9 heteroatoms. The highest BCUT2D eigenvalue weighted by Crippen LogP contribution is 2.31. The lowest BCUT2D eigenvalue weighted by molar-refractivity contribution is -0.113. The summed E-state index contributed by atoms with van der Waals surface area (Å²) in [5, 5.41) is 12.3. The Hall–Kier alpha value is -3.98. The highest BCUT2D eigenvalue weighted by atomic mass is 32.2. The first kappa shape index (κ1) is 23.2. The summed E-state index contributed by atoms with van der Waals surface area (Å²) in [6, 6.07) is 22.5. The number of ether oxygens (including phenoxy) is 3. The zero-order chi connectivity index (χ0) is 23.9. The van der Waals surface area contributed by atoms with E-state index in [4.69, 9.17) is 14.2 Å². The molecule has 0 aliphatic rings. The van der Waals surface area contributed by atoms with Crippen LogP contribution in [0.1, 0.15) is 0 Å². The Morgan fingerprint density at radius 1 is 0.882 bits per heavy atom. The van der Waals surface area contributed by atoms with E-state index in [1.165, 1.54) is 11.8 Å². The number of nitrogens with zero attached hydrogens (tertiary/aromatic N) is 3. The number of anilines is 1. The standard InChI is InChI=1S/C25H24N4O4S/c1-31-19-13-11-18(12-14-19)29-24(17-7-6-8-20(15-17)32-2)27-28-25(29)34-16-23(30)26-21-9-4-5-10-22(21)33-3/h4-15H,16H2,1-3H3,(H,26,30). The fourth-order valence-corrected chi connectivity index (χ4v) is 4.09. The van der Waals surface area contributed by atoms with E-state index >= 15 is 0 Å². The van der Waals surface area contributed by atoms with E-state index in [9.17, 15) is 4.79 Å². The Bertz CT molecular complexity index is 1270. The summed E-state index contributed by atoms with van der Waals surface area (Å²) in [4.78, 5) is 12.7. The molecule has 1 amide bonds. The summed E-state index contributed by atoms with van der Waals surface area (Å²) < 4.78 is 17.9. The molecule has 0 radical (unpaired) electrons. The molecule has 0 atom stereocenters. The highest BCUT2D eigenvalue weighted by Gasteiger charge is 2.18. The molecule has 1 N–H and O–H groups in total. The maximum atomic E-state index is 12.7. The first-order valence-electron chi connectivity index (χ1n) is 10.4. The van der Waals surface area contributed by atoms with Crippen LogP contribution < -0.4 is 19.5 Å². The first-order chi connectivity index (χ1) is 16.6. The van der Waals surface area contributed by atoms with E-state index in [0.717, 1.165) is 17.0 Å². The van der Waals surface area contributed by atoms with Crippen molar-refractivity contribution in [2.75, 3.05) is 32.4 Å². The van der Waals surface area contributed by atoms with Crippen LogP contribution >= 0.6 is 11.8 Å². The average Bonchev–Trinajstić information content (AvgIpc) is 3.32. The molecule has 1 aromatic heterocycles. The number of benzene rings is 3. The van der Waals surface area contributed by atoms with Crippen molar-refractivity contribution >= 4 is 23.4 Å². The van der Waals surface area contributed by atoms with Gasteiger partial charge in [-0.15, -0.1) is 10.2 Å². The first-order valence-corrected chi connectivity index (χ1v) is 11.4. The summed E-state index contributed by atoms with van der Waals surface area (Å²) in [6.07, 6.45) is 0. The minimum absolute atomic E-state index is 0.143. The quantitative estimate of drug-likeness (QED) is 0.351. The Morgan fingerprint density at radius 3 is 2.38 bits per heavy atom. The molecule has 174 valence electrons. The zero-order valence-electron chi connectivity index (χ0n) is 19.0. The van der Waals surface area contributed by atoms with Crippen LogP contribution in [0.3, 0.4) is 0 Å². The zero-order valence-corrected chi connectivity index (χ0v) is 19.8. The van der Waals surface area contributed by atoms with E-state index in [2.05, 4.69) is 15.5 Å². The monoisotopic (exact) mass is 476 g/mol. The minimum atomic E-state index is -0.179. The molecule has 0 saturated carbocycles. The van der Waals surface area contributed by atoms with Crippen LogP contribution in [0.4, 0.5) is 5.69 Å². The average molecular weight is 477 g/mol. The number of para-hydroxylation sites is 2. The van der Waals surface area contributed by atoms with E-state index < -0.39 is 0 Å². The van der Waals surface area contributed by atoms with Crippen LogP contribution in [0, 0.1) is 0 Å². The molecule has 4 aromatic rings. The van der Waals surface area contributed by atoms with Crippen molar-refractivity contribution < 1.29 is 19.0 Å². The lowest BCUT2D eigenvalue weighted by Gasteiger charge is -2.12. The van der Waals surface area contributed by atoms with E-state index in [1.807, 2.05) is 65.2 Å². The van der Waals surface area contributed by atoms with Crippen LogP contribution in [0.2, 0.25) is 0 Å². The lowest BCUT2D eigenvalue weighted by Crippen LogP contribution is -2.15. The van der Waals surface area contributed by atoms with E-state index in [-0.39, 0.29) is 11.7 Å². The second-order valence-corrected chi connectivity index (χ2v) is 8.05. The third kappa shape index (κ3) is 5.15. The van der Waals surface area contributed by atoms with Gasteiger partial charge in [-0.1, -0.05) is 36.0 Å². The number of rotatable bonds is 9. The fraction of sp³-hybridized carbons (Fsp3) is 0.160. The molecule has 0 aliphatic heterocycles. The Balaban J connectivity index is 1.62. The largest absolute Gasteiger partial charge is 0.497 e. The van der Waals surface area contributed by atoms with Crippen LogP contribution in [-0.4, -0.2) is 47.8 Å². The Morgan fingerprint density at radius 2 is 1.65 bits per heavy atom. The second kappa shape index (κ2) is 10.8. The number of carbonyl (C=O) groups is 1. The SMILES string of the molecule is COc1ccc(-n2c(SCC(=O)Nc3ccccc3OC)nnc2-c2cccc(OC)c2)cc1. The molecule has 8 nitrogen and oxygen atoms in total. The summed E-state index contributed by atoms with van der Waals surface area (Å²) in [5.41, 5.74) is 2.30. The number of aromatic nitrogens is 3. The second-order valence-electron chi connectivity index (χ2n) is 7.11.